The third-order valence-electron chi connectivity index (χ3n) is 3.78. The smallest absolute Gasteiger partial charge is 0.336 e. The largest absolute Gasteiger partial charge is 0.478 e. The number of nitrogens with one attached hydrogen (secondary N) is 2. The number of carbonyl (C=O) groups is 1. The van der Waals surface area contributed by atoms with Crippen molar-refractivity contribution in [1.82, 2.24) is 10.9 Å². The molecule has 3 N–H and O–H groups in total. The number of amidine groups is 1. The standard InChI is InChI=1S/C23H21ClFN3O3/c1-17-11-12-19(16-20(17)22(29)30)31-23(26-14-7-13-24)28-27-15-6-2-3-8-18-9-4-5-10-21(18)25/h2,4-7,9-13,16,27H,14-15H2,1H3,(H,26,28)(H,29,30)/b6-2+,13-7+. The number of hydrogen-bond donors (Lipinski definition) is 3. The normalized spacial score (nSPS) is 11.4. The summed E-state index contributed by atoms with van der Waals surface area (Å²) in [5.74, 6) is 4.39. The molecule has 2 rings (SSSR count). The zero-order chi connectivity index (χ0) is 22.5. The van der Waals surface area contributed by atoms with E-state index >= 15 is 0 Å². The summed E-state index contributed by atoms with van der Waals surface area (Å²) in [5.41, 5.74) is 8.11. The van der Waals surface area contributed by atoms with Crippen molar-refractivity contribution < 1.29 is 19.0 Å². The lowest BCUT2D eigenvalue weighted by Gasteiger charge is -2.12. The Labute approximate surface area is 185 Å². The molecule has 8 heteroatoms. The molecule has 0 amide bonds. The van der Waals surface area contributed by atoms with Crippen LogP contribution in [0.25, 0.3) is 0 Å². The summed E-state index contributed by atoms with van der Waals surface area (Å²) in [4.78, 5) is 15.5. The maximum atomic E-state index is 13.5. The Morgan fingerprint density at radius 1 is 1.29 bits per heavy atom. The Balaban J connectivity index is 1.94. The molecule has 0 aromatic heterocycles. The molecule has 0 aliphatic rings. The predicted octanol–water partition coefficient (Wildman–Crippen LogP) is 4.02. The van der Waals surface area contributed by atoms with Crippen LogP contribution in [0, 0.1) is 24.6 Å². The SMILES string of the molecule is Cc1ccc(OC(=NC/C=C/Cl)NNC/C=C/C#Cc2ccccc2F)cc1C(=O)O. The molecule has 0 radical (unpaired) electrons. The minimum atomic E-state index is -1.04. The highest BCUT2D eigenvalue weighted by molar-refractivity contribution is 6.25. The highest BCUT2D eigenvalue weighted by atomic mass is 35.5. The van der Waals surface area contributed by atoms with E-state index in [0.29, 0.717) is 23.4 Å². The molecule has 0 atom stereocenters. The monoisotopic (exact) mass is 441 g/mol. The van der Waals surface area contributed by atoms with E-state index in [1.165, 1.54) is 17.7 Å². The molecule has 0 aliphatic carbocycles. The van der Waals surface area contributed by atoms with E-state index in [1.54, 1.807) is 55.5 Å². The van der Waals surface area contributed by atoms with E-state index in [2.05, 4.69) is 27.7 Å². The number of benzene rings is 2. The Morgan fingerprint density at radius 3 is 2.84 bits per heavy atom. The van der Waals surface area contributed by atoms with Gasteiger partial charge in [-0.15, -0.1) is 0 Å². The third kappa shape index (κ3) is 8.34. The number of nitrogens with zero attached hydrogens (tertiary/aromatic N) is 1. The van der Waals surface area contributed by atoms with E-state index in [1.807, 2.05) is 0 Å². The number of allylic oxidation sites excluding steroid dienone is 1. The van der Waals surface area contributed by atoms with E-state index in [0.717, 1.165) is 0 Å². The van der Waals surface area contributed by atoms with Crippen LogP contribution in [0.1, 0.15) is 21.5 Å². The molecular weight excluding hydrogens is 421 g/mol. The number of rotatable bonds is 7. The number of carboxylic acids is 1. The molecule has 2 aromatic rings. The summed E-state index contributed by atoms with van der Waals surface area (Å²) in [6.45, 7) is 2.33. The number of ether oxygens (including phenoxy) is 1. The molecule has 31 heavy (non-hydrogen) atoms. The van der Waals surface area contributed by atoms with Crippen molar-refractivity contribution in [3.63, 3.8) is 0 Å². The van der Waals surface area contributed by atoms with Crippen molar-refractivity contribution >= 4 is 23.6 Å². The number of halogens is 2. The fraction of sp³-hybridized carbons (Fsp3) is 0.130. The molecule has 160 valence electrons. The Kier molecular flexibility index (Phi) is 9.82. The summed E-state index contributed by atoms with van der Waals surface area (Å²) in [6, 6.07) is 11.1. The van der Waals surface area contributed by atoms with Crippen LogP contribution in [-0.2, 0) is 0 Å². The van der Waals surface area contributed by atoms with Crippen LogP contribution in [0.2, 0.25) is 0 Å². The first kappa shape index (κ1) is 23.7. The van der Waals surface area contributed by atoms with Crippen molar-refractivity contribution in [3.8, 4) is 17.6 Å². The topological polar surface area (TPSA) is 83.0 Å². The van der Waals surface area contributed by atoms with Crippen LogP contribution >= 0.6 is 11.6 Å². The van der Waals surface area contributed by atoms with Crippen LogP contribution in [0.3, 0.4) is 0 Å². The van der Waals surface area contributed by atoms with E-state index < -0.39 is 5.97 Å². The molecular formula is C23H21ClFN3O3. The van der Waals surface area contributed by atoms with Gasteiger partial charge in [-0.2, -0.15) is 0 Å². The second-order valence-corrected chi connectivity index (χ2v) is 6.30. The van der Waals surface area contributed by atoms with Crippen LogP contribution in [-0.4, -0.2) is 30.2 Å². The number of aromatic carboxylic acids is 1. The second kappa shape index (κ2) is 12.9. The fourth-order valence-corrected chi connectivity index (χ4v) is 2.34. The van der Waals surface area contributed by atoms with Crippen LogP contribution in [0.5, 0.6) is 5.75 Å². The average molecular weight is 442 g/mol. The maximum absolute atomic E-state index is 13.5. The Morgan fingerprint density at radius 2 is 2.10 bits per heavy atom. The summed E-state index contributed by atoms with van der Waals surface area (Å²) in [6.07, 6.45) is 4.93. The first-order chi connectivity index (χ1) is 15.0. The van der Waals surface area contributed by atoms with Gasteiger partial charge in [0.15, 0.2) is 0 Å². The molecule has 0 aliphatic heterocycles. The zero-order valence-corrected chi connectivity index (χ0v) is 17.5. The summed E-state index contributed by atoms with van der Waals surface area (Å²) in [7, 11) is 0. The Bertz CT molecular complexity index is 1060. The highest BCUT2D eigenvalue weighted by Crippen LogP contribution is 2.17. The van der Waals surface area contributed by atoms with E-state index in [9.17, 15) is 14.3 Å². The van der Waals surface area contributed by atoms with Gasteiger partial charge in [-0.05, 0) is 42.8 Å². The van der Waals surface area contributed by atoms with Crippen LogP contribution in [0.15, 0.2) is 71.2 Å². The van der Waals surface area contributed by atoms with Crippen molar-refractivity contribution in [3.05, 3.63) is 88.7 Å². The van der Waals surface area contributed by atoms with Crippen molar-refractivity contribution in [2.75, 3.05) is 13.1 Å². The lowest BCUT2D eigenvalue weighted by Crippen LogP contribution is -2.40. The second-order valence-electron chi connectivity index (χ2n) is 6.05. The van der Waals surface area contributed by atoms with Gasteiger partial charge in [0.05, 0.1) is 17.7 Å². The van der Waals surface area contributed by atoms with Crippen molar-refractivity contribution in [2.24, 2.45) is 4.99 Å². The number of aliphatic imine (C=N–C) groups is 1. The summed E-state index contributed by atoms with van der Waals surface area (Å²) in [5, 5.41) is 9.25. The van der Waals surface area contributed by atoms with Gasteiger partial charge >= 0.3 is 12.0 Å². The van der Waals surface area contributed by atoms with Crippen LogP contribution < -0.4 is 15.6 Å². The number of hydrogen-bond acceptors (Lipinski definition) is 4. The maximum Gasteiger partial charge on any atom is 0.336 e. The van der Waals surface area contributed by atoms with Crippen molar-refractivity contribution in [1.29, 1.82) is 0 Å². The molecule has 0 spiro atoms. The van der Waals surface area contributed by atoms with Gasteiger partial charge in [-0.25, -0.2) is 19.6 Å². The number of aryl methyl sites for hydroxylation is 1. The average Bonchev–Trinajstić information content (AvgIpc) is 2.75. The molecule has 6 nitrogen and oxygen atoms in total. The molecule has 0 fully saturated rings. The summed E-state index contributed by atoms with van der Waals surface area (Å²) < 4.78 is 19.1. The summed E-state index contributed by atoms with van der Waals surface area (Å²) >= 11 is 5.51. The number of carboxylic acid groups (broad SMARTS) is 1. The fourth-order valence-electron chi connectivity index (χ4n) is 2.26. The molecule has 2 aromatic carbocycles. The third-order valence-corrected chi connectivity index (χ3v) is 3.96. The molecule has 0 unspecified atom stereocenters. The van der Waals surface area contributed by atoms with Gasteiger partial charge < -0.3 is 9.84 Å². The van der Waals surface area contributed by atoms with Gasteiger partial charge in [-0.1, -0.05) is 53.8 Å². The van der Waals surface area contributed by atoms with E-state index in [-0.39, 0.29) is 23.9 Å². The van der Waals surface area contributed by atoms with Crippen molar-refractivity contribution in [2.45, 2.75) is 6.92 Å². The molecule has 0 heterocycles. The van der Waals surface area contributed by atoms with Gasteiger partial charge in [0.1, 0.15) is 11.6 Å². The minimum Gasteiger partial charge on any atom is -0.478 e. The number of hydrazine groups is 1. The van der Waals surface area contributed by atoms with Gasteiger partial charge in [-0.3, -0.25) is 5.43 Å². The van der Waals surface area contributed by atoms with Gasteiger partial charge in [0.25, 0.3) is 0 Å². The van der Waals surface area contributed by atoms with Gasteiger partial charge in [0.2, 0.25) is 0 Å². The molecule has 0 saturated heterocycles. The van der Waals surface area contributed by atoms with Gasteiger partial charge in [0, 0.05) is 12.1 Å². The minimum absolute atomic E-state index is 0.126. The predicted molar refractivity (Wildman–Crippen MR) is 120 cm³/mol. The zero-order valence-electron chi connectivity index (χ0n) is 16.7. The van der Waals surface area contributed by atoms with E-state index in [4.69, 9.17) is 16.3 Å². The Hall–Kier alpha value is -3.60. The van der Waals surface area contributed by atoms with Crippen LogP contribution in [0.4, 0.5) is 4.39 Å². The highest BCUT2D eigenvalue weighted by Gasteiger charge is 2.10. The molecule has 0 saturated carbocycles. The lowest BCUT2D eigenvalue weighted by molar-refractivity contribution is 0.0695. The molecule has 0 bridgehead atoms. The first-order valence-electron chi connectivity index (χ1n) is 9.22. The first-order valence-corrected chi connectivity index (χ1v) is 9.66. The lowest BCUT2D eigenvalue weighted by atomic mass is 10.1. The quantitative estimate of drug-likeness (QED) is 0.199.